The van der Waals surface area contributed by atoms with Crippen LogP contribution in [0.4, 0.5) is 0 Å². The summed E-state index contributed by atoms with van der Waals surface area (Å²) in [5.41, 5.74) is 0.516. The van der Waals surface area contributed by atoms with Crippen LogP contribution >= 0.6 is 34.5 Å². The first-order chi connectivity index (χ1) is 7.09. The van der Waals surface area contributed by atoms with Crippen molar-refractivity contribution in [1.82, 2.24) is 14.8 Å². The number of nitrogens with zero attached hydrogens (tertiary/aromatic N) is 3. The van der Waals surface area contributed by atoms with Crippen LogP contribution in [-0.4, -0.2) is 19.9 Å². The predicted molar refractivity (Wildman–Crippen MR) is 59.4 cm³/mol. The fraction of sp³-hybridized carbons (Fsp3) is 0.250. The zero-order valence-electron chi connectivity index (χ0n) is 7.69. The third-order valence-corrected chi connectivity index (χ3v) is 3.38. The molecule has 1 unspecified atom stereocenters. The molecule has 0 bridgehead atoms. The van der Waals surface area contributed by atoms with E-state index in [9.17, 15) is 5.11 Å². The standard InChI is InChI=1S/C8H7Cl2N3OS/c1-13-6(4(9)2-12-13)7(14)8-11-3-5(10)15-8/h2-3,7,14H,1H3. The number of thiazole rings is 1. The summed E-state index contributed by atoms with van der Waals surface area (Å²) in [5.74, 6) is 0. The van der Waals surface area contributed by atoms with Gasteiger partial charge in [-0.15, -0.1) is 11.3 Å². The zero-order valence-corrected chi connectivity index (χ0v) is 10.0. The second-order valence-electron chi connectivity index (χ2n) is 2.91. The average molecular weight is 264 g/mol. The van der Waals surface area contributed by atoms with Crippen LogP contribution in [0.2, 0.25) is 9.36 Å². The summed E-state index contributed by atoms with van der Waals surface area (Å²) in [6, 6.07) is 0. The van der Waals surface area contributed by atoms with E-state index in [1.54, 1.807) is 7.05 Å². The Morgan fingerprint density at radius 1 is 1.47 bits per heavy atom. The van der Waals surface area contributed by atoms with Crippen molar-refractivity contribution >= 4 is 34.5 Å². The number of halogens is 2. The molecule has 0 saturated carbocycles. The van der Waals surface area contributed by atoms with Gasteiger partial charge in [0.25, 0.3) is 0 Å². The quantitative estimate of drug-likeness (QED) is 0.905. The fourth-order valence-corrected chi connectivity index (χ4v) is 2.43. The monoisotopic (exact) mass is 263 g/mol. The minimum Gasteiger partial charge on any atom is -0.379 e. The van der Waals surface area contributed by atoms with Crippen LogP contribution < -0.4 is 0 Å². The van der Waals surface area contributed by atoms with E-state index in [1.807, 2.05) is 0 Å². The van der Waals surface area contributed by atoms with Crippen LogP contribution in [0.1, 0.15) is 16.8 Å². The van der Waals surface area contributed by atoms with Gasteiger partial charge in [-0.3, -0.25) is 4.68 Å². The van der Waals surface area contributed by atoms with E-state index in [0.717, 1.165) is 0 Å². The number of aliphatic hydroxyl groups excluding tert-OH is 1. The lowest BCUT2D eigenvalue weighted by Crippen LogP contribution is -2.06. The Morgan fingerprint density at radius 2 is 2.20 bits per heavy atom. The summed E-state index contributed by atoms with van der Waals surface area (Å²) in [4.78, 5) is 3.99. The molecule has 2 rings (SSSR count). The van der Waals surface area contributed by atoms with Crippen molar-refractivity contribution in [1.29, 1.82) is 0 Å². The molecule has 0 fully saturated rings. The van der Waals surface area contributed by atoms with Gasteiger partial charge in [-0.1, -0.05) is 23.2 Å². The van der Waals surface area contributed by atoms with Crippen LogP contribution in [0.15, 0.2) is 12.4 Å². The van der Waals surface area contributed by atoms with E-state index in [0.29, 0.717) is 20.1 Å². The number of hydrogen-bond donors (Lipinski definition) is 1. The van der Waals surface area contributed by atoms with Crippen LogP contribution in [-0.2, 0) is 7.05 Å². The highest BCUT2D eigenvalue weighted by atomic mass is 35.5. The van der Waals surface area contributed by atoms with E-state index >= 15 is 0 Å². The molecule has 15 heavy (non-hydrogen) atoms. The van der Waals surface area contributed by atoms with Gasteiger partial charge in [-0.25, -0.2) is 4.98 Å². The van der Waals surface area contributed by atoms with Gasteiger partial charge < -0.3 is 5.11 Å². The molecule has 0 aliphatic rings. The van der Waals surface area contributed by atoms with Crippen LogP contribution in [0.5, 0.6) is 0 Å². The lowest BCUT2D eigenvalue weighted by Gasteiger charge is -2.08. The fourth-order valence-electron chi connectivity index (χ4n) is 1.24. The summed E-state index contributed by atoms with van der Waals surface area (Å²) >= 11 is 12.8. The molecule has 0 aliphatic carbocycles. The Bertz CT molecular complexity index is 462. The van der Waals surface area contributed by atoms with Gasteiger partial charge in [0.1, 0.15) is 15.4 Å². The van der Waals surface area contributed by atoms with Gasteiger partial charge in [0.15, 0.2) is 0 Å². The normalized spacial score (nSPS) is 13.1. The van der Waals surface area contributed by atoms with Gasteiger partial charge in [-0.2, -0.15) is 5.10 Å². The topological polar surface area (TPSA) is 50.9 Å². The number of aromatic nitrogens is 3. The van der Waals surface area contributed by atoms with Crippen molar-refractivity contribution in [2.75, 3.05) is 0 Å². The highest BCUT2D eigenvalue weighted by molar-refractivity contribution is 7.15. The van der Waals surface area contributed by atoms with E-state index < -0.39 is 6.10 Å². The molecular weight excluding hydrogens is 257 g/mol. The maximum absolute atomic E-state index is 10.00. The first-order valence-corrected chi connectivity index (χ1v) is 5.63. The minimum atomic E-state index is -0.887. The summed E-state index contributed by atoms with van der Waals surface area (Å²) in [5, 5.41) is 14.9. The maximum atomic E-state index is 10.00. The molecule has 2 aromatic heterocycles. The maximum Gasteiger partial charge on any atom is 0.148 e. The number of aryl methyl sites for hydroxylation is 1. The molecule has 2 aromatic rings. The smallest absolute Gasteiger partial charge is 0.148 e. The SMILES string of the molecule is Cn1ncc(Cl)c1C(O)c1ncc(Cl)s1. The Hall–Kier alpha value is -0.620. The molecule has 0 aliphatic heterocycles. The highest BCUT2D eigenvalue weighted by Gasteiger charge is 2.21. The Kier molecular flexibility index (Phi) is 2.97. The highest BCUT2D eigenvalue weighted by Crippen LogP contribution is 2.31. The molecule has 0 amide bonds. The molecule has 2 heterocycles. The largest absolute Gasteiger partial charge is 0.379 e. The minimum absolute atomic E-state index is 0.413. The Morgan fingerprint density at radius 3 is 2.67 bits per heavy atom. The molecule has 0 spiro atoms. The van der Waals surface area contributed by atoms with Crippen LogP contribution in [0.3, 0.4) is 0 Å². The van der Waals surface area contributed by atoms with Gasteiger partial charge in [-0.05, 0) is 0 Å². The molecule has 1 atom stereocenters. The zero-order chi connectivity index (χ0) is 11.0. The van der Waals surface area contributed by atoms with E-state index in [1.165, 1.54) is 28.4 Å². The predicted octanol–water partition coefficient (Wildman–Crippen LogP) is 2.27. The molecule has 0 radical (unpaired) electrons. The number of hydrogen-bond acceptors (Lipinski definition) is 4. The van der Waals surface area contributed by atoms with Gasteiger partial charge in [0.2, 0.25) is 0 Å². The van der Waals surface area contributed by atoms with Crippen molar-refractivity contribution in [3.05, 3.63) is 32.5 Å². The number of aliphatic hydroxyl groups is 1. The van der Waals surface area contributed by atoms with E-state index in [2.05, 4.69) is 10.1 Å². The first-order valence-electron chi connectivity index (χ1n) is 4.06. The van der Waals surface area contributed by atoms with Crippen LogP contribution in [0.25, 0.3) is 0 Å². The summed E-state index contributed by atoms with van der Waals surface area (Å²) in [7, 11) is 1.71. The van der Waals surface area contributed by atoms with Crippen molar-refractivity contribution in [2.45, 2.75) is 6.10 Å². The molecule has 1 N–H and O–H groups in total. The third kappa shape index (κ3) is 2.01. The number of rotatable bonds is 2. The van der Waals surface area contributed by atoms with E-state index in [-0.39, 0.29) is 0 Å². The molecule has 80 valence electrons. The summed E-state index contributed by atoms with van der Waals surface area (Å²) < 4.78 is 2.05. The van der Waals surface area contributed by atoms with Crippen molar-refractivity contribution in [3.63, 3.8) is 0 Å². The summed E-state index contributed by atoms with van der Waals surface area (Å²) in [6.45, 7) is 0. The Balaban J connectivity index is 2.40. The molecular formula is C8H7Cl2N3OS. The van der Waals surface area contributed by atoms with Gasteiger partial charge >= 0.3 is 0 Å². The van der Waals surface area contributed by atoms with Gasteiger partial charge in [0, 0.05) is 7.05 Å². The lowest BCUT2D eigenvalue weighted by molar-refractivity contribution is 0.209. The molecule has 7 heteroatoms. The van der Waals surface area contributed by atoms with Gasteiger partial charge in [0.05, 0.1) is 23.1 Å². The third-order valence-electron chi connectivity index (χ3n) is 1.93. The second kappa shape index (κ2) is 4.09. The van der Waals surface area contributed by atoms with Crippen molar-refractivity contribution in [3.8, 4) is 0 Å². The summed E-state index contributed by atoms with van der Waals surface area (Å²) in [6.07, 6.45) is 2.09. The first kappa shape index (κ1) is 10.9. The Labute approximate surface area is 100 Å². The molecule has 0 aromatic carbocycles. The van der Waals surface area contributed by atoms with Crippen molar-refractivity contribution < 1.29 is 5.11 Å². The lowest BCUT2D eigenvalue weighted by atomic mass is 10.2. The van der Waals surface area contributed by atoms with Crippen LogP contribution in [0, 0.1) is 0 Å². The molecule has 0 saturated heterocycles. The van der Waals surface area contributed by atoms with Crippen molar-refractivity contribution in [2.24, 2.45) is 7.05 Å². The second-order valence-corrected chi connectivity index (χ2v) is 5.01. The van der Waals surface area contributed by atoms with E-state index in [4.69, 9.17) is 23.2 Å². The molecule has 4 nitrogen and oxygen atoms in total. The average Bonchev–Trinajstić information content (AvgIpc) is 2.73.